The molecule has 3 heteroatoms. The Bertz CT molecular complexity index is 116. The summed E-state index contributed by atoms with van der Waals surface area (Å²) in [5, 5.41) is 0. The van der Waals surface area contributed by atoms with Crippen LogP contribution in [0.15, 0.2) is 0 Å². The number of hydrogen-bond acceptors (Lipinski definition) is 1. The molecule has 0 bridgehead atoms. The molecule has 14 heavy (non-hydrogen) atoms. The topological polar surface area (TPSA) is 0 Å². The monoisotopic (exact) mass is 331 g/mol. The minimum atomic E-state index is 0. The second kappa shape index (κ2) is 9.28. The van der Waals surface area contributed by atoms with Crippen molar-refractivity contribution in [3.63, 3.8) is 0 Å². The molecule has 0 fully saturated rings. The smallest absolute Gasteiger partial charge is 0.125 e. The summed E-state index contributed by atoms with van der Waals surface area (Å²) in [6.45, 7) is 15.3. The fourth-order valence-corrected chi connectivity index (χ4v) is 2.94. The summed E-state index contributed by atoms with van der Waals surface area (Å²) in [4.78, 5) is 0. The maximum Gasteiger partial charge on any atom is 0.125 e. The normalized spacial score (nSPS) is 11.6. The van der Waals surface area contributed by atoms with Gasteiger partial charge in [-0.3, -0.25) is 0 Å². The molecule has 88 valence electrons. The number of hydrogen-bond donors (Lipinski definition) is 0. The summed E-state index contributed by atoms with van der Waals surface area (Å²) in [6, 6.07) is 0. The largest absolute Gasteiger partial charge is 1.00 e. The van der Waals surface area contributed by atoms with Gasteiger partial charge in [0, 0.05) is 5.75 Å². The van der Waals surface area contributed by atoms with Crippen molar-refractivity contribution in [3.8, 4) is 0 Å². The van der Waals surface area contributed by atoms with Gasteiger partial charge >= 0.3 is 0 Å². The maximum atomic E-state index is 2.31. The highest BCUT2D eigenvalue weighted by molar-refractivity contribution is 7.99. The second-order valence-electron chi connectivity index (χ2n) is 4.18. The van der Waals surface area contributed by atoms with Crippen molar-refractivity contribution >= 4 is 11.8 Å². The molecule has 0 aromatic carbocycles. The predicted molar refractivity (Wildman–Crippen MR) is 64.0 cm³/mol. The van der Waals surface area contributed by atoms with Crippen molar-refractivity contribution in [2.75, 3.05) is 31.3 Å². The van der Waals surface area contributed by atoms with Crippen LogP contribution in [0.3, 0.4) is 0 Å². The minimum absolute atomic E-state index is 0. The molecular formula is C11H26INS. The second-order valence-corrected chi connectivity index (χ2v) is 5.18. The molecule has 0 atom stereocenters. The van der Waals surface area contributed by atoms with E-state index in [0.29, 0.717) is 0 Å². The summed E-state index contributed by atoms with van der Waals surface area (Å²) in [6.07, 6.45) is 0. The molecule has 0 amide bonds. The summed E-state index contributed by atoms with van der Waals surface area (Å²) >= 11 is 2.11. The molecule has 1 nitrogen and oxygen atoms in total. The zero-order valence-corrected chi connectivity index (χ0v) is 13.3. The molecule has 0 radical (unpaired) electrons. The van der Waals surface area contributed by atoms with Crippen molar-refractivity contribution in [2.24, 2.45) is 5.92 Å². The molecule has 0 aliphatic heterocycles. The third-order valence-corrected chi connectivity index (χ3v) is 4.46. The van der Waals surface area contributed by atoms with Crippen molar-refractivity contribution in [1.82, 2.24) is 0 Å². The van der Waals surface area contributed by atoms with Gasteiger partial charge in [-0.2, -0.15) is 0 Å². The van der Waals surface area contributed by atoms with Crippen LogP contribution >= 0.6 is 11.8 Å². The summed E-state index contributed by atoms with van der Waals surface area (Å²) in [5.74, 6) is 3.43. The zero-order chi connectivity index (χ0) is 10.3. The first-order chi connectivity index (χ1) is 6.10. The van der Waals surface area contributed by atoms with E-state index in [2.05, 4.69) is 46.4 Å². The van der Waals surface area contributed by atoms with Crippen LogP contribution in [-0.4, -0.2) is 35.7 Å². The fourth-order valence-electron chi connectivity index (χ4n) is 1.43. The minimum Gasteiger partial charge on any atom is -1.00 e. The molecule has 0 spiro atoms. The van der Waals surface area contributed by atoms with E-state index in [4.69, 9.17) is 0 Å². The van der Waals surface area contributed by atoms with Crippen molar-refractivity contribution < 1.29 is 28.5 Å². The van der Waals surface area contributed by atoms with Crippen LogP contribution in [-0.2, 0) is 0 Å². The van der Waals surface area contributed by atoms with E-state index in [1.807, 2.05) is 0 Å². The lowest BCUT2D eigenvalue weighted by molar-refractivity contribution is -0.911. The lowest BCUT2D eigenvalue weighted by Crippen LogP contribution is -3.00. The summed E-state index contributed by atoms with van der Waals surface area (Å²) in [5.41, 5.74) is 0. The van der Waals surface area contributed by atoms with Gasteiger partial charge in [-0.25, -0.2) is 0 Å². The van der Waals surface area contributed by atoms with Gasteiger partial charge in [0.2, 0.25) is 0 Å². The standard InChI is InChI=1S/C11H26NS.HI/c1-6-12(7-2,8-3)10-13-9-11(4)5;/h11H,6-10H2,1-5H3;1H/q+1;/p-1. The molecular weight excluding hydrogens is 305 g/mol. The summed E-state index contributed by atoms with van der Waals surface area (Å²) < 4.78 is 1.28. The van der Waals surface area contributed by atoms with Gasteiger partial charge in [-0.15, -0.1) is 11.8 Å². The van der Waals surface area contributed by atoms with Gasteiger partial charge in [-0.1, -0.05) is 13.8 Å². The fraction of sp³-hybridized carbons (Fsp3) is 1.00. The Hall–Kier alpha value is 1.04. The lowest BCUT2D eigenvalue weighted by Gasteiger charge is -2.35. The van der Waals surface area contributed by atoms with E-state index >= 15 is 0 Å². The highest BCUT2D eigenvalue weighted by atomic mass is 127. The van der Waals surface area contributed by atoms with E-state index in [9.17, 15) is 0 Å². The van der Waals surface area contributed by atoms with Gasteiger partial charge in [0.1, 0.15) is 5.88 Å². The van der Waals surface area contributed by atoms with Crippen LogP contribution in [0.4, 0.5) is 0 Å². The Labute approximate surface area is 112 Å². The van der Waals surface area contributed by atoms with Crippen LogP contribution < -0.4 is 24.0 Å². The van der Waals surface area contributed by atoms with Crippen LogP contribution in [0.5, 0.6) is 0 Å². The van der Waals surface area contributed by atoms with Crippen molar-refractivity contribution in [1.29, 1.82) is 0 Å². The molecule has 0 aliphatic rings. The van der Waals surface area contributed by atoms with E-state index in [-0.39, 0.29) is 24.0 Å². The first-order valence-corrected chi connectivity index (χ1v) is 6.68. The number of halogens is 1. The Kier molecular flexibility index (Phi) is 11.6. The van der Waals surface area contributed by atoms with Gasteiger partial charge in [0.05, 0.1) is 19.6 Å². The number of thioether (sulfide) groups is 1. The number of nitrogens with zero attached hydrogens (tertiary/aromatic N) is 1. The Balaban J connectivity index is 0. The maximum absolute atomic E-state index is 2.31. The molecule has 0 heterocycles. The molecule has 0 aliphatic carbocycles. The van der Waals surface area contributed by atoms with Crippen molar-refractivity contribution in [3.05, 3.63) is 0 Å². The average Bonchev–Trinajstić information content (AvgIpc) is 2.13. The first-order valence-electron chi connectivity index (χ1n) is 5.53. The molecule has 0 saturated carbocycles. The molecule has 0 rings (SSSR count). The molecule has 0 unspecified atom stereocenters. The van der Waals surface area contributed by atoms with E-state index in [0.717, 1.165) is 5.92 Å². The molecule has 0 aromatic heterocycles. The van der Waals surface area contributed by atoms with Crippen LogP contribution in [0.25, 0.3) is 0 Å². The van der Waals surface area contributed by atoms with Gasteiger partial charge in [0.25, 0.3) is 0 Å². The number of quaternary nitrogens is 1. The third kappa shape index (κ3) is 6.51. The van der Waals surface area contributed by atoms with Crippen LogP contribution in [0.2, 0.25) is 0 Å². The van der Waals surface area contributed by atoms with E-state index in [1.165, 1.54) is 35.7 Å². The van der Waals surface area contributed by atoms with Gasteiger partial charge in [-0.05, 0) is 26.7 Å². The highest BCUT2D eigenvalue weighted by Crippen LogP contribution is 2.16. The zero-order valence-electron chi connectivity index (χ0n) is 10.3. The molecule has 0 saturated heterocycles. The van der Waals surface area contributed by atoms with Gasteiger partial charge < -0.3 is 28.5 Å². The SMILES string of the molecule is CC[N+](CC)(CC)CSCC(C)C.[I-]. The molecule has 0 N–H and O–H groups in total. The van der Waals surface area contributed by atoms with E-state index in [1.54, 1.807) is 0 Å². The van der Waals surface area contributed by atoms with Crippen molar-refractivity contribution in [2.45, 2.75) is 34.6 Å². The Morgan fingerprint density at radius 3 is 1.71 bits per heavy atom. The highest BCUT2D eigenvalue weighted by Gasteiger charge is 2.20. The van der Waals surface area contributed by atoms with Gasteiger partial charge in [0.15, 0.2) is 0 Å². The lowest BCUT2D eigenvalue weighted by atomic mass is 10.3. The first kappa shape index (κ1) is 17.4. The van der Waals surface area contributed by atoms with Crippen LogP contribution in [0.1, 0.15) is 34.6 Å². The Morgan fingerprint density at radius 2 is 1.43 bits per heavy atom. The summed E-state index contributed by atoms with van der Waals surface area (Å²) in [7, 11) is 0. The third-order valence-electron chi connectivity index (χ3n) is 2.83. The Morgan fingerprint density at radius 1 is 1.00 bits per heavy atom. The molecule has 0 aromatic rings. The average molecular weight is 331 g/mol. The van der Waals surface area contributed by atoms with Crippen LogP contribution in [0, 0.1) is 5.92 Å². The van der Waals surface area contributed by atoms with E-state index < -0.39 is 0 Å². The predicted octanol–water partition coefficient (Wildman–Crippen LogP) is 0.214. The number of rotatable bonds is 7. The quantitative estimate of drug-likeness (QED) is 0.365.